The third kappa shape index (κ3) is 2.15. The third-order valence-electron chi connectivity index (χ3n) is 7.39. The zero-order chi connectivity index (χ0) is 16.6. The Kier molecular flexibility index (Phi) is 3.17. The standard InChI is InChI=1S/C20H28O3/c1-11-5-6-15-17(16-14(11)7-8-20(16,4)22)19(15,3)10-13-9-12(2)18(21)23-13/h9,13-17,22H,1,5-8,10H2,2-4H3/t13-,14-,15+,16+,17+,19-,20-/m0/s1. The number of ether oxygens (including phenoxy) is 1. The maximum atomic E-state index is 11.6. The third-order valence-corrected chi connectivity index (χ3v) is 7.39. The van der Waals surface area contributed by atoms with Crippen LogP contribution in [0.15, 0.2) is 23.8 Å². The second-order valence-electron chi connectivity index (χ2n) is 8.86. The number of cyclic esters (lactones) is 1. The fourth-order valence-corrected chi connectivity index (χ4v) is 6.15. The summed E-state index contributed by atoms with van der Waals surface area (Å²) in [6, 6.07) is 0. The monoisotopic (exact) mass is 316 g/mol. The summed E-state index contributed by atoms with van der Waals surface area (Å²) in [5, 5.41) is 11.0. The van der Waals surface area contributed by atoms with Crippen LogP contribution in [0.2, 0.25) is 0 Å². The van der Waals surface area contributed by atoms with Gasteiger partial charge in [0.15, 0.2) is 0 Å². The number of hydrogen-bond acceptors (Lipinski definition) is 3. The maximum Gasteiger partial charge on any atom is 0.334 e. The minimum Gasteiger partial charge on any atom is -0.455 e. The van der Waals surface area contributed by atoms with Crippen LogP contribution in [-0.4, -0.2) is 22.8 Å². The number of fused-ring (bicyclic) bond motifs is 3. The van der Waals surface area contributed by atoms with E-state index in [2.05, 4.69) is 13.5 Å². The lowest BCUT2D eigenvalue weighted by Gasteiger charge is -2.32. The summed E-state index contributed by atoms with van der Waals surface area (Å²) in [5.41, 5.74) is 1.70. The molecule has 1 aliphatic heterocycles. The van der Waals surface area contributed by atoms with Crippen LogP contribution in [0.5, 0.6) is 0 Å². The second-order valence-corrected chi connectivity index (χ2v) is 8.86. The van der Waals surface area contributed by atoms with E-state index in [9.17, 15) is 9.90 Å². The molecule has 7 atom stereocenters. The molecule has 3 heteroatoms. The Bertz CT molecular complexity index is 602. The van der Waals surface area contributed by atoms with Gasteiger partial charge >= 0.3 is 5.97 Å². The van der Waals surface area contributed by atoms with Crippen LogP contribution in [0.25, 0.3) is 0 Å². The average molecular weight is 316 g/mol. The Balaban J connectivity index is 1.59. The van der Waals surface area contributed by atoms with Crippen molar-refractivity contribution in [3.05, 3.63) is 23.8 Å². The Hall–Kier alpha value is -1.09. The number of esters is 1. The predicted molar refractivity (Wildman–Crippen MR) is 88.6 cm³/mol. The fourth-order valence-electron chi connectivity index (χ4n) is 6.15. The first-order valence-electron chi connectivity index (χ1n) is 9.03. The molecule has 0 amide bonds. The summed E-state index contributed by atoms with van der Waals surface area (Å²) >= 11 is 0. The molecule has 126 valence electrons. The molecule has 0 radical (unpaired) electrons. The number of rotatable bonds is 2. The van der Waals surface area contributed by atoms with Crippen LogP contribution in [0, 0.1) is 29.1 Å². The van der Waals surface area contributed by atoms with E-state index >= 15 is 0 Å². The zero-order valence-corrected chi connectivity index (χ0v) is 14.5. The molecule has 1 N–H and O–H groups in total. The van der Waals surface area contributed by atoms with Crippen molar-refractivity contribution in [3.63, 3.8) is 0 Å². The number of aliphatic hydroxyl groups is 1. The van der Waals surface area contributed by atoms with Crippen LogP contribution in [0.1, 0.15) is 52.9 Å². The summed E-state index contributed by atoms with van der Waals surface area (Å²) in [5.74, 6) is 1.81. The molecule has 0 bridgehead atoms. The molecule has 23 heavy (non-hydrogen) atoms. The first kappa shape index (κ1) is 15.4. The van der Waals surface area contributed by atoms with E-state index in [-0.39, 0.29) is 17.5 Å². The summed E-state index contributed by atoms with van der Waals surface area (Å²) in [4.78, 5) is 11.6. The lowest BCUT2D eigenvalue weighted by molar-refractivity contribution is -0.140. The van der Waals surface area contributed by atoms with Gasteiger partial charge in [-0.3, -0.25) is 0 Å². The molecule has 4 rings (SSSR count). The van der Waals surface area contributed by atoms with Gasteiger partial charge in [0.1, 0.15) is 6.10 Å². The normalized spacial score (nSPS) is 51.7. The van der Waals surface area contributed by atoms with Crippen LogP contribution >= 0.6 is 0 Å². The van der Waals surface area contributed by atoms with Gasteiger partial charge in [-0.1, -0.05) is 19.1 Å². The molecular weight excluding hydrogens is 288 g/mol. The molecule has 4 aliphatic rings. The second kappa shape index (κ2) is 4.72. The van der Waals surface area contributed by atoms with Crippen molar-refractivity contribution in [2.75, 3.05) is 0 Å². The van der Waals surface area contributed by atoms with Gasteiger partial charge in [0.05, 0.1) is 5.60 Å². The van der Waals surface area contributed by atoms with Gasteiger partial charge in [-0.25, -0.2) is 4.79 Å². The van der Waals surface area contributed by atoms with Crippen LogP contribution < -0.4 is 0 Å². The number of carbonyl (C=O) groups excluding carboxylic acids is 1. The first-order valence-corrected chi connectivity index (χ1v) is 9.03. The molecular formula is C20H28O3. The lowest BCUT2D eigenvalue weighted by Crippen LogP contribution is -2.35. The largest absolute Gasteiger partial charge is 0.455 e. The molecule has 0 spiro atoms. The quantitative estimate of drug-likeness (QED) is 0.625. The van der Waals surface area contributed by atoms with E-state index in [1.807, 2.05) is 19.9 Å². The molecule has 0 aromatic rings. The predicted octanol–water partition coefficient (Wildman–Crippen LogP) is 3.63. The molecule has 3 nitrogen and oxygen atoms in total. The highest BCUT2D eigenvalue weighted by Crippen LogP contribution is 2.73. The number of carbonyl (C=O) groups is 1. The fraction of sp³-hybridized carbons (Fsp3) is 0.750. The van der Waals surface area contributed by atoms with Gasteiger partial charge in [0, 0.05) is 5.57 Å². The number of hydrogen-bond donors (Lipinski definition) is 1. The molecule has 0 unspecified atom stereocenters. The van der Waals surface area contributed by atoms with Gasteiger partial charge in [-0.15, -0.1) is 0 Å². The van der Waals surface area contributed by atoms with Gasteiger partial charge in [-0.2, -0.15) is 0 Å². The highest BCUT2D eigenvalue weighted by Gasteiger charge is 2.69. The minimum atomic E-state index is -0.573. The molecule has 3 aliphatic carbocycles. The van der Waals surface area contributed by atoms with Crippen molar-refractivity contribution in [1.82, 2.24) is 0 Å². The van der Waals surface area contributed by atoms with Crippen LogP contribution in [-0.2, 0) is 9.53 Å². The molecule has 3 fully saturated rings. The average Bonchev–Trinajstić information content (AvgIpc) is 2.75. The summed E-state index contributed by atoms with van der Waals surface area (Å²) < 4.78 is 5.50. The van der Waals surface area contributed by atoms with Gasteiger partial charge in [0.25, 0.3) is 0 Å². The molecule has 0 aromatic carbocycles. The van der Waals surface area contributed by atoms with Crippen molar-refractivity contribution in [3.8, 4) is 0 Å². The summed E-state index contributed by atoms with van der Waals surface area (Å²) in [7, 11) is 0. The minimum absolute atomic E-state index is 0.0765. The molecule has 1 heterocycles. The zero-order valence-electron chi connectivity index (χ0n) is 14.5. The highest BCUT2D eigenvalue weighted by molar-refractivity contribution is 5.90. The SMILES string of the molecule is C=C1CC[C@@H]2[C@H]([C@H]3[C@H]1CC[C@]3(C)O)[C@@]2(C)C[C@@H]1C=C(C)C(=O)O1. The Morgan fingerprint density at radius 3 is 2.74 bits per heavy atom. The van der Waals surface area contributed by atoms with Gasteiger partial charge < -0.3 is 9.84 Å². The van der Waals surface area contributed by atoms with E-state index in [1.54, 1.807) is 0 Å². The van der Waals surface area contributed by atoms with Crippen molar-refractivity contribution < 1.29 is 14.6 Å². The smallest absolute Gasteiger partial charge is 0.334 e. The van der Waals surface area contributed by atoms with Gasteiger partial charge in [-0.05, 0) is 81.1 Å². The van der Waals surface area contributed by atoms with Crippen molar-refractivity contribution in [1.29, 1.82) is 0 Å². The maximum absolute atomic E-state index is 11.6. The van der Waals surface area contributed by atoms with E-state index in [0.717, 1.165) is 31.3 Å². The highest BCUT2D eigenvalue weighted by atomic mass is 16.5. The molecule has 3 saturated carbocycles. The van der Waals surface area contributed by atoms with E-state index in [1.165, 1.54) is 12.0 Å². The summed E-state index contributed by atoms with van der Waals surface area (Å²) in [6.07, 6.45) is 7.03. The Labute approximate surface area is 138 Å². The van der Waals surface area contributed by atoms with Crippen LogP contribution in [0.4, 0.5) is 0 Å². The van der Waals surface area contributed by atoms with Crippen molar-refractivity contribution in [2.45, 2.75) is 64.6 Å². The van der Waals surface area contributed by atoms with E-state index < -0.39 is 5.60 Å². The van der Waals surface area contributed by atoms with E-state index in [0.29, 0.717) is 23.7 Å². The lowest BCUT2D eigenvalue weighted by atomic mass is 9.76. The van der Waals surface area contributed by atoms with Crippen molar-refractivity contribution in [2.24, 2.45) is 29.1 Å². The molecule has 0 aromatic heterocycles. The Morgan fingerprint density at radius 2 is 2.09 bits per heavy atom. The number of allylic oxidation sites excluding steroid dienone is 1. The van der Waals surface area contributed by atoms with E-state index in [4.69, 9.17) is 4.74 Å². The Morgan fingerprint density at radius 1 is 1.35 bits per heavy atom. The summed E-state index contributed by atoms with van der Waals surface area (Å²) in [6.45, 7) is 10.5. The van der Waals surface area contributed by atoms with Crippen molar-refractivity contribution >= 4 is 5.97 Å². The molecule has 0 saturated heterocycles. The first-order chi connectivity index (χ1) is 10.7. The van der Waals surface area contributed by atoms with Gasteiger partial charge in [0.2, 0.25) is 0 Å². The van der Waals surface area contributed by atoms with Crippen LogP contribution in [0.3, 0.4) is 0 Å². The topological polar surface area (TPSA) is 46.5 Å².